The Morgan fingerprint density at radius 2 is 1.87 bits per heavy atom. The van der Waals surface area contributed by atoms with Gasteiger partial charge >= 0.3 is 0 Å². The Kier molecular flexibility index (Phi) is 7.72. The highest BCUT2D eigenvalue weighted by Crippen LogP contribution is 2.32. The molecule has 0 aliphatic heterocycles. The van der Waals surface area contributed by atoms with E-state index in [4.69, 9.17) is 26.8 Å². The lowest BCUT2D eigenvalue weighted by Gasteiger charge is -2.21. The lowest BCUT2D eigenvalue weighted by molar-refractivity contribution is -0.917. The fourth-order valence-corrected chi connectivity index (χ4v) is 4.65. The molecule has 1 heterocycles. The van der Waals surface area contributed by atoms with Crippen LogP contribution < -0.4 is 14.4 Å². The van der Waals surface area contributed by atoms with E-state index in [0.29, 0.717) is 5.92 Å². The Bertz CT molecular complexity index is 928. The van der Waals surface area contributed by atoms with Gasteiger partial charge in [-0.25, -0.2) is 0 Å². The number of aryl methyl sites for hydroxylation is 1. The summed E-state index contributed by atoms with van der Waals surface area (Å²) < 4.78 is 15.9. The molecule has 7 heteroatoms. The third-order valence-corrected chi connectivity index (χ3v) is 6.42. The fourth-order valence-electron chi connectivity index (χ4n) is 4.37. The van der Waals surface area contributed by atoms with Crippen LogP contribution in [0.25, 0.3) is 0 Å². The maximum atomic E-state index is 5.79. The average molecular weight is 432 g/mol. The van der Waals surface area contributed by atoms with Gasteiger partial charge in [0.15, 0.2) is 18.2 Å². The van der Waals surface area contributed by atoms with E-state index in [-0.39, 0.29) is 0 Å². The molecular formula is C23H35N4O2S+. The smallest absolute Gasteiger partial charge is 0.203 e. The van der Waals surface area contributed by atoms with Crippen molar-refractivity contribution in [1.82, 2.24) is 14.3 Å². The van der Waals surface area contributed by atoms with Gasteiger partial charge < -0.3 is 14.4 Å². The third kappa shape index (κ3) is 4.95. The van der Waals surface area contributed by atoms with Gasteiger partial charge in [0.25, 0.3) is 0 Å². The van der Waals surface area contributed by atoms with Gasteiger partial charge in [-0.2, -0.15) is 9.78 Å². The summed E-state index contributed by atoms with van der Waals surface area (Å²) in [6.45, 7) is 8.31. The van der Waals surface area contributed by atoms with Crippen LogP contribution in [0.3, 0.4) is 0 Å². The van der Waals surface area contributed by atoms with Crippen LogP contribution in [0.4, 0.5) is 0 Å². The molecule has 164 valence electrons. The fraction of sp³-hybridized carbons (Fsp3) is 0.565. The molecule has 1 fully saturated rings. The van der Waals surface area contributed by atoms with Gasteiger partial charge in [-0.3, -0.25) is 4.57 Å². The summed E-state index contributed by atoms with van der Waals surface area (Å²) in [5, 5.41) is 4.98. The summed E-state index contributed by atoms with van der Waals surface area (Å²) in [7, 11) is 5.51. The lowest BCUT2D eigenvalue weighted by atomic mass is 9.89. The number of nitrogens with zero attached hydrogens (tertiary/aromatic N) is 3. The molecule has 1 saturated carbocycles. The minimum Gasteiger partial charge on any atom is -0.493 e. The highest BCUT2D eigenvalue weighted by molar-refractivity contribution is 7.71. The molecule has 6 nitrogen and oxygen atoms in total. The summed E-state index contributed by atoms with van der Waals surface area (Å²) in [6, 6.07) is 4.10. The molecule has 1 aliphatic rings. The van der Waals surface area contributed by atoms with Crippen LogP contribution in [0, 0.1) is 11.7 Å². The normalized spacial score (nSPS) is 15.7. The van der Waals surface area contributed by atoms with E-state index in [1.807, 2.05) is 16.8 Å². The van der Waals surface area contributed by atoms with Crippen molar-refractivity contribution in [2.24, 2.45) is 0 Å². The number of nitrogens with one attached hydrogen (secondary N) is 1. The molecule has 0 spiro atoms. The molecule has 1 aromatic carbocycles. The van der Waals surface area contributed by atoms with Crippen LogP contribution in [-0.4, -0.2) is 35.6 Å². The molecule has 1 unspecified atom stereocenters. The molecule has 0 bridgehead atoms. The summed E-state index contributed by atoms with van der Waals surface area (Å²) >= 11 is 5.79. The van der Waals surface area contributed by atoms with E-state index in [0.717, 1.165) is 41.9 Å². The molecular weight excluding hydrogens is 396 g/mol. The first-order chi connectivity index (χ1) is 14.5. The molecule has 3 rings (SSSR count). The van der Waals surface area contributed by atoms with E-state index >= 15 is 0 Å². The van der Waals surface area contributed by atoms with Crippen LogP contribution in [0.2, 0.25) is 0 Å². The molecule has 1 N–H and O–H groups in total. The van der Waals surface area contributed by atoms with Gasteiger partial charge in [0, 0.05) is 18.0 Å². The highest BCUT2D eigenvalue weighted by atomic mass is 32.1. The summed E-state index contributed by atoms with van der Waals surface area (Å²) in [6.07, 6.45) is 8.21. The number of allylic oxidation sites excluding steroid dienone is 1. The third-order valence-electron chi connectivity index (χ3n) is 5.99. The van der Waals surface area contributed by atoms with Crippen molar-refractivity contribution in [3.8, 4) is 11.5 Å². The first-order valence-corrected chi connectivity index (χ1v) is 11.2. The monoisotopic (exact) mass is 431 g/mol. The first kappa shape index (κ1) is 22.6. The van der Waals surface area contributed by atoms with Crippen molar-refractivity contribution in [2.75, 3.05) is 21.3 Å². The predicted molar refractivity (Wildman–Crippen MR) is 122 cm³/mol. The zero-order valence-corrected chi connectivity index (χ0v) is 19.6. The van der Waals surface area contributed by atoms with E-state index in [1.54, 1.807) is 14.2 Å². The summed E-state index contributed by atoms with van der Waals surface area (Å²) in [4.78, 5) is 1.31. The van der Waals surface area contributed by atoms with Crippen molar-refractivity contribution in [3.63, 3.8) is 0 Å². The minimum absolute atomic E-state index is 0.509. The Morgan fingerprint density at radius 3 is 2.50 bits per heavy atom. The second kappa shape index (κ2) is 10.3. The number of hydrogen-bond donors (Lipinski definition) is 1. The summed E-state index contributed by atoms with van der Waals surface area (Å²) in [5.41, 5.74) is 2.42. The minimum atomic E-state index is 0.509. The molecule has 0 saturated heterocycles. The van der Waals surface area contributed by atoms with E-state index in [1.165, 1.54) is 48.1 Å². The van der Waals surface area contributed by atoms with Gasteiger partial charge in [0.1, 0.15) is 12.4 Å². The molecule has 2 aromatic rings. The molecule has 1 atom stereocenters. The zero-order valence-electron chi connectivity index (χ0n) is 18.7. The number of benzene rings is 1. The molecule has 0 radical (unpaired) electrons. The molecule has 0 amide bonds. The van der Waals surface area contributed by atoms with Crippen LogP contribution in [-0.2, 0) is 19.8 Å². The van der Waals surface area contributed by atoms with Crippen molar-refractivity contribution >= 4 is 12.2 Å². The molecule has 1 aromatic heterocycles. The van der Waals surface area contributed by atoms with Crippen molar-refractivity contribution in [2.45, 2.75) is 64.7 Å². The first-order valence-electron chi connectivity index (χ1n) is 10.8. The van der Waals surface area contributed by atoms with Crippen molar-refractivity contribution < 1.29 is 14.4 Å². The van der Waals surface area contributed by atoms with Gasteiger partial charge in [-0.15, -0.1) is 6.58 Å². The highest BCUT2D eigenvalue weighted by Gasteiger charge is 2.23. The van der Waals surface area contributed by atoms with Crippen LogP contribution in [0.5, 0.6) is 11.5 Å². The number of hydrogen-bond acceptors (Lipinski definition) is 4. The quantitative estimate of drug-likeness (QED) is 0.486. The maximum absolute atomic E-state index is 5.79. The van der Waals surface area contributed by atoms with E-state index in [2.05, 4.69) is 31.2 Å². The molecule has 1 aliphatic carbocycles. The Hall–Kier alpha value is -2.12. The maximum Gasteiger partial charge on any atom is 0.203 e. The predicted octanol–water partition coefficient (Wildman–Crippen LogP) is 3.65. The van der Waals surface area contributed by atoms with Crippen molar-refractivity contribution in [3.05, 3.63) is 46.5 Å². The van der Waals surface area contributed by atoms with Gasteiger partial charge in [0.2, 0.25) is 4.77 Å². The average Bonchev–Trinajstić information content (AvgIpc) is 3.05. The number of methoxy groups -OCH3 is 2. The number of aromatic nitrogens is 3. The molecule has 30 heavy (non-hydrogen) atoms. The topological polar surface area (TPSA) is 45.7 Å². The SMILES string of the molecule is C=CCn1c(C2CCCCC2)nn(C[NH+](C)Cc2cc(OC)c(OC)cc2C)c1=S. The Labute approximate surface area is 185 Å². The number of quaternary nitrogens is 1. The standard InChI is InChI=1S/C23H34N4O2S/c1-6-12-26-22(18-10-8-7-9-11-18)24-27(23(26)30)16-25(3)15-19-14-21(29-5)20(28-4)13-17(19)2/h6,13-14,18H,1,7-12,15-16H2,2-5H3/p+1. The zero-order chi connectivity index (χ0) is 21.7. The largest absolute Gasteiger partial charge is 0.493 e. The van der Waals surface area contributed by atoms with E-state index < -0.39 is 0 Å². The van der Waals surface area contributed by atoms with Crippen LogP contribution in [0.15, 0.2) is 24.8 Å². The van der Waals surface area contributed by atoms with E-state index in [9.17, 15) is 0 Å². The lowest BCUT2D eigenvalue weighted by Crippen LogP contribution is -3.07. The Balaban J connectivity index is 1.80. The van der Waals surface area contributed by atoms with Crippen molar-refractivity contribution in [1.29, 1.82) is 0 Å². The van der Waals surface area contributed by atoms with Crippen LogP contribution >= 0.6 is 12.2 Å². The summed E-state index contributed by atoms with van der Waals surface area (Å²) in [5.74, 6) is 3.17. The second-order valence-electron chi connectivity index (χ2n) is 8.30. The van der Waals surface area contributed by atoms with Gasteiger partial charge in [-0.1, -0.05) is 25.3 Å². The van der Waals surface area contributed by atoms with Crippen LogP contribution in [0.1, 0.15) is 55.0 Å². The number of rotatable bonds is 9. The second-order valence-corrected chi connectivity index (χ2v) is 8.67. The number of ether oxygens (including phenoxy) is 2. The Morgan fingerprint density at radius 1 is 1.20 bits per heavy atom. The van der Waals surface area contributed by atoms with Gasteiger partial charge in [0.05, 0.1) is 21.3 Å². The van der Waals surface area contributed by atoms with Gasteiger partial charge in [-0.05, 0) is 49.7 Å².